The van der Waals surface area contributed by atoms with Crippen LogP contribution in [-0.4, -0.2) is 40.3 Å². The van der Waals surface area contributed by atoms with E-state index < -0.39 is 0 Å². The molecular formula is C16H20Cl3N5O. The van der Waals surface area contributed by atoms with Gasteiger partial charge in [0.1, 0.15) is 11.5 Å². The predicted molar refractivity (Wildman–Crippen MR) is 101 cm³/mol. The molecule has 2 aromatic rings. The Balaban J connectivity index is 0.00000225. The summed E-state index contributed by atoms with van der Waals surface area (Å²) >= 11 is 12.4. The third kappa shape index (κ3) is 4.64. The van der Waals surface area contributed by atoms with Crippen LogP contribution in [0.25, 0.3) is 5.69 Å². The number of aromatic nitrogens is 3. The van der Waals surface area contributed by atoms with Gasteiger partial charge in [0.15, 0.2) is 0 Å². The Morgan fingerprint density at radius 1 is 1.40 bits per heavy atom. The van der Waals surface area contributed by atoms with Crippen LogP contribution in [0.2, 0.25) is 10.0 Å². The third-order valence-electron chi connectivity index (χ3n) is 4.07. The SMILES string of the molecule is Cc1nc(C(=O)NCC2CCCNC2)nn1-c1c(Cl)cccc1Cl.Cl. The molecule has 1 saturated heterocycles. The maximum absolute atomic E-state index is 12.3. The number of para-hydroxylation sites is 1. The molecule has 0 spiro atoms. The number of benzene rings is 1. The van der Waals surface area contributed by atoms with Gasteiger partial charge in [0.05, 0.1) is 10.0 Å². The van der Waals surface area contributed by atoms with Gasteiger partial charge in [-0.15, -0.1) is 17.5 Å². The van der Waals surface area contributed by atoms with Crippen LogP contribution < -0.4 is 10.6 Å². The van der Waals surface area contributed by atoms with Crippen molar-refractivity contribution in [3.05, 3.63) is 39.9 Å². The molecule has 1 fully saturated rings. The minimum Gasteiger partial charge on any atom is -0.349 e. The molecule has 1 amide bonds. The number of carbonyl (C=O) groups excluding carboxylic acids is 1. The summed E-state index contributed by atoms with van der Waals surface area (Å²) in [5, 5.41) is 11.4. The van der Waals surface area contributed by atoms with Crippen molar-refractivity contribution >= 4 is 41.5 Å². The van der Waals surface area contributed by atoms with E-state index in [1.165, 1.54) is 4.68 Å². The number of nitrogens with zero attached hydrogens (tertiary/aromatic N) is 3. The summed E-state index contributed by atoms with van der Waals surface area (Å²) in [5.41, 5.74) is 0.529. The minimum atomic E-state index is -0.286. The molecule has 1 aliphatic rings. The number of carbonyl (C=O) groups is 1. The number of piperidine rings is 1. The molecule has 3 rings (SSSR count). The van der Waals surface area contributed by atoms with Crippen molar-refractivity contribution in [2.45, 2.75) is 19.8 Å². The van der Waals surface area contributed by atoms with Gasteiger partial charge in [-0.1, -0.05) is 29.3 Å². The molecular weight excluding hydrogens is 385 g/mol. The Hall–Kier alpha value is -1.34. The number of hydrogen-bond donors (Lipinski definition) is 2. The van der Waals surface area contributed by atoms with Crippen LogP contribution in [0.5, 0.6) is 0 Å². The molecule has 6 nitrogen and oxygen atoms in total. The van der Waals surface area contributed by atoms with E-state index >= 15 is 0 Å². The first kappa shape index (κ1) is 20.0. The summed E-state index contributed by atoms with van der Waals surface area (Å²) in [5.74, 6) is 0.830. The lowest BCUT2D eigenvalue weighted by Gasteiger charge is -2.22. The van der Waals surface area contributed by atoms with E-state index in [4.69, 9.17) is 23.2 Å². The van der Waals surface area contributed by atoms with Gasteiger partial charge in [-0.2, -0.15) is 0 Å². The molecule has 1 atom stereocenters. The van der Waals surface area contributed by atoms with E-state index in [0.717, 1.165) is 25.9 Å². The lowest BCUT2D eigenvalue weighted by molar-refractivity contribution is 0.0934. The number of hydrogen-bond acceptors (Lipinski definition) is 4. The second-order valence-electron chi connectivity index (χ2n) is 5.89. The van der Waals surface area contributed by atoms with Gasteiger partial charge >= 0.3 is 0 Å². The Kier molecular flexibility index (Phi) is 7.07. The van der Waals surface area contributed by atoms with E-state index in [1.54, 1.807) is 25.1 Å². The minimum absolute atomic E-state index is 0. The third-order valence-corrected chi connectivity index (χ3v) is 4.68. The number of amides is 1. The first-order chi connectivity index (χ1) is 11.6. The molecule has 0 aliphatic carbocycles. The number of nitrogens with one attached hydrogen (secondary N) is 2. The zero-order valence-electron chi connectivity index (χ0n) is 13.8. The predicted octanol–water partition coefficient (Wildman–Crippen LogP) is 3.03. The molecule has 0 radical (unpaired) electrons. The van der Waals surface area contributed by atoms with E-state index in [1.807, 2.05) is 0 Å². The summed E-state index contributed by atoms with van der Waals surface area (Å²) in [6, 6.07) is 5.20. The monoisotopic (exact) mass is 403 g/mol. The first-order valence-corrected chi connectivity index (χ1v) is 8.69. The molecule has 1 unspecified atom stereocenters. The second kappa shape index (κ2) is 8.85. The second-order valence-corrected chi connectivity index (χ2v) is 6.70. The maximum atomic E-state index is 12.3. The zero-order chi connectivity index (χ0) is 17.1. The molecule has 1 aromatic heterocycles. The van der Waals surface area contributed by atoms with Gasteiger partial charge in [0.2, 0.25) is 5.82 Å². The topological polar surface area (TPSA) is 71.8 Å². The van der Waals surface area contributed by atoms with Gasteiger partial charge in [0.25, 0.3) is 5.91 Å². The fourth-order valence-corrected chi connectivity index (χ4v) is 3.36. The number of rotatable bonds is 4. The van der Waals surface area contributed by atoms with Gasteiger partial charge in [-0.05, 0) is 50.9 Å². The average Bonchev–Trinajstić information content (AvgIpc) is 2.95. The summed E-state index contributed by atoms with van der Waals surface area (Å²) in [4.78, 5) is 16.6. The van der Waals surface area contributed by atoms with Gasteiger partial charge in [0, 0.05) is 6.54 Å². The molecule has 25 heavy (non-hydrogen) atoms. The van der Waals surface area contributed by atoms with Crippen molar-refractivity contribution in [3.63, 3.8) is 0 Å². The first-order valence-electron chi connectivity index (χ1n) is 7.93. The van der Waals surface area contributed by atoms with Gasteiger partial charge < -0.3 is 10.6 Å². The van der Waals surface area contributed by atoms with Crippen LogP contribution in [0, 0.1) is 12.8 Å². The lowest BCUT2D eigenvalue weighted by atomic mass is 10.00. The van der Waals surface area contributed by atoms with Gasteiger partial charge in [-0.25, -0.2) is 9.67 Å². The van der Waals surface area contributed by atoms with E-state index in [-0.39, 0.29) is 24.1 Å². The lowest BCUT2D eigenvalue weighted by Crippen LogP contribution is -2.38. The highest BCUT2D eigenvalue weighted by atomic mass is 35.5. The van der Waals surface area contributed by atoms with Crippen LogP contribution in [-0.2, 0) is 0 Å². The fraction of sp³-hybridized carbons (Fsp3) is 0.438. The standard InChI is InChI=1S/C16H19Cl2N5O.ClH/c1-10-21-15(16(24)20-9-11-4-3-7-19-8-11)22-23(10)14-12(17)5-2-6-13(14)18;/h2,5-6,11,19H,3-4,7-9H2,1H3,(H,20,24);1H. The summed E-state index contributed by atoms with van der Waals surface area (Å²) in [7, 11) is 0. The highest BCUT2D eigenvalue weighted by molar-refractivity contribution is 6.37. The Labute approximate surface area is 162 Å². The largest absolute Gasteiger partial charge is 0.349 e. The van der Waals surface area contributed by atoms with Crippen molar-refractivity contribution in [2.75, 3.05) is 19.6 Å². The quantitative estimate of drug-likeness (QED) is 0.821. The fourth-order valence-electron chi connectivity index (χ4n) is 2.80. The summed E-state index contributed by atoms with van der Waals surface area (Å²) < 4.78 is 1.50. The van der Waals surface area contributed by atoms with Crippen molar-refractivity contribution in [1.82, 2.24) is 25.4 Å². The molecule has 2 N–H and O–H groups in total. The van der Waals surface area contributed by atoms with Crippen molar-refractivity contribution in [3.8, 4) is 5.69 Å². The maximum Gasteiger partial charge on any atom is 0.290 e. The van der Waals surface area contributed by atoms with E-state index in [9.17, 15) is 4.79 Å². The molecule has 1 aliphatic heterocycles. The zero-order valence-corrected chi connectivity index (χ0v) is 16.1. The van der Waals surface area contributed by atoms with E-state index in [2.05, 4.69) is 20.7 Å². The Morgan fingerprint density at radius 3 is 2.76 bits per heavy atom. The summed E-state index contributed by atoms with van der Waals surface area (Å²) in [6.45, 7) is 4.35. The molecule has 1 aromatic carbocycles. The highest BCUT2D eigenvalue weighted by Crippen LogP contribution is 2.28. The van der Waals surface area contributed by atoms with Crippen LogP contribution >= 0.6 is 35.6 Å². The Morgan fingerprint density at radius 2 is 2.12 bits per heavy atom. The van der Waals surface area contributed by atoms with E-state index in [0.29, 0.717) is 34.0 Å². The summed E-state index contributed by atoms with van der Waals surface area (Å²) in [6.07, 6.45) is 2.25. The normalized spacial score (nSPS) is 17.0. The molecule has 0 bridgehead atoms. The Bertz CT molecular complexity index is 723. The van der Waals surface area contributed by atoms with Crippen molar-refractivity contribution in [2.24, 2.45) is 5.92 Å². The smallest absolute Gasteiger partial charge is 0.290 e. The van der Waals surface area contributed by atoms with Crippen molar-refractivity contribution < 1.29 is 4.79 Å². The average molecular weight is 405 g/mol. The van der Waals surface area contributed by atoms with Gasteiger partial charge in [-0.3, -0.25) is 4.79 Å². The van der Waals surface area contributed by atoms with Crippen LogP contribution in [0.15, 0.2) is 18.2 Å². The van der Waals surface area contributed by atoms with Crippen molar-refractivity contribution in [1.29, 1.82) is 0 Å². The molecule has 0 saturated carbocycles. The molecule has 136 valence electrons. The number of halogens is 3. The van der Waals surface area contributed by atoms with Crippen LogP contribution in [0.1, 0.15) is 29.3 Å². The van der Waals surface area contributed by atoms with Crippen LogP contribution in [0.4, 0.5) is 0 Å². The highest BCUT2D eigenvalue weighted by Gasteiger charge is 2.20. The molecule has 9 heteroatoms. The number of aryl methyl sites for hydroxylation is 1. The molecule has 2 heterocycles. The van der Waals surface area contributed by atoms with Crippen LogP contribution in [0.3, 0.4) is 0 Å².